The van der Waals surface area contributed by atoms with E-state index in [1.165, 1.54) is 38.8 Å². The topological polar surface area (TPSA) is 50.8 Å². The Morgan fingerprint density at radius 1 is 1.10 bits per heavy atom. The highest BCUT2D eigenvalue weighted by Crippen LogP contribution is 2.35. The van der Waals surface area contributed by atoms with Gasteiger partial charge in [0.2, 0.25) is 0 Å². The molecule has 1 amide bonds. The van der Waals surface area contributed by atoms with E-state index in [-0.39, 0.29) is 5.91 Å². The molecule has 5 nitrogen and oxygen atoms in total. The van der Waals surface area contributed by atoms with Crippen molar-refractivity contribution in [1.82, 2.24) is 4.90 Å². The molecular weight excluding hydrogens is 364 g/mol. The number of benzene rings is 1. The maximum absolute atomic E-state index is 12.8. The van der Waals surface area contributed by atoms with E-state index in [2.05, 4.69) is 17.1 Å². The first-order valence-electron chi connectivity index (χ1n) is 11.4. The predicted octanol–water partition coefficient (Wildman–Crippen LogP) is 4.87. The van der Waals surface area contributed by atoms with Gasteiger partial charge < -0.3 is 19.7 Å². The molecule has 1 aliphatic carbocycles. The van der Waals surface area contributed by atoms with Gasteiger partial charge in [-0.25, -0.2) is 0 Å². The number of carbonyl (C=O) groups excluding carboxylic acids is 1. The lowest BCUT2D eigenvalue weighted by Crippen LogP contribution is -2.47. The quantitative estimate of drug-likeness (QED) is 0.631. The van der Waals surface area contributed by atoms with E-state index in [0.717, 1.165) is 56.7 Å². The highest BCUT2D eigenvalue weighted by molar-refractivity contribution is 5.97. The molecule has 1 saturated heterocycles. The second-order valence-electron chi connectivity index (χ2n) is 8.82. The van der Waals surface area contributed by atoms with Crippen LogP contribution in [0.2, 0.25) is 0 Å². The fourth-order valence-electron chi connectivity index (χ4n) is 4.47. The van der Waals surface area contributed by atoms with Crippen LogP contribution in [0.5, 0.6) is 5.75 Å². The maximum atomic E-state index is 12.8. The van der Waals surface area contributed by atoms with E-state index in [9.17, 15) is 4.79 Å². The number of rotatable bonds is 8. The summed E-state index contributed by atoms with van der Waals surface area (Å²) in [4.78, 5) is 15.4. The number of hydrogen-bond donors (Lipinski definition) is 1. The lowest BCUT2D eigenvalue weighted by molar-refractivity contribution is -0.142. The summed E-state index contributed by atoms with van der Waals surface area (Å²) >= 11 is 0. The van der Waals surface area contributed by atoms with Crippen LogP contribution >= 0.6 is 0 Å². The Morgan fingerprint density at radius 2 is 1.76 bits per heavy atom. The number of likely N-dealkylation sites (tertiary alicyclic amines) is 1. The lowest BCUT2D eigenvalue weighted by atomic mass is 9.79. The van der Waals surface area contributed by atoms with Crippen LogP contribution < -0.4 is 10.1 Å². The smallest absolute Gasteiger partial charge is 0.256 e. The van der Waals surface area contributed by atoms with Crippen molar-refractivity contribution in [2.24, 2.45) is 5.92 Å². The van der Waals surface area contributed by atoms with Crippen LogP contribution in [0.25, 0.3) is 0 Å². The molecule has 0 aromatic heterocycles. The van der Waals surface area contributed by atoms with Gasteiger partial charge in [0.15, 0.2) is 0 Å². The molecule has 5 heteroatoms. The van der Waals surface area contributed by atoms with Crippen molar-refractivity contribution in [2.45, 2.75) is 70.3 Å². The summed E-state index contributed by atoms with van der Waals surface area (Å²) in [6.45, 7) is 6.55. The largest absolute Gasteiger partial charge is 0.494 e. The minimum absolute atomic E-state index is 0.0296. The first-order chi connectivity index (χ1) is 14.1. The molecular formula is C24H38N2O3. The zero-order chi connectivity index (χ0) is 20.5. The maximum Gasteiger partial charge on any atom is 0.256 e. The summed E-state index contributed by atoms with van der Waals surface area (Å²) in [5.41, 5.74) is 0.108. The first-order valence-corrected chi connectivity index (χ1v) is 11.4. The van der Waals surface area contributed by atoms with Crippen LogP contribution in [0.4, 0.5) is 5.69 Å². The van der Waals surface area contributed by atoms with Crippen molar-refractivity contribution < 1.29 is 14.3 Å². The van der Waals surface area contributed by atoms with Gasteiger partial charge in [-0.15, -0.1) is 0 Å². The molecule has 1 heterocycles. The summed E-state index contributed by atoms with van der Waals surface area (Å²) in [6.07, 6.45) is 10.1. The molecule has 3 rings (SSSR count). The number of methoxy groups -OCH3 is 1. The summed E-state index contributed by atoms with van der Waals surface area (Å²) in [5.74, 6) is 1.49. The molecule has 1 aliphatic heterocycles. The van der Waals surface area contributed by atoms with Crippen LogP contribution in [0.1, 0.15) is 64.7 Å². The van der Waals surface area contributed by atoms with Crippen LogP contribution in [0.15, 0.2) is 24.3 Å². The standard InChI is InChI=1S/C24H38N2O3/c1-20-12-14-24(28-2,15-13-20)23(27)25-21-8-10-22(11-9-21)29-19-7-18-26-16-5-3-4-6-17-26/h8-11,20H,3-7,12-19H2,1-2H3,(H,25,27). The molecule has 2 aliphatic rings. The summed E-state index contributed by atoms with van der Waals surface area (Å²) in [6, 6.07) is 7.70. The Balaban J connectivity index is 1.41. The van der Waals surface area contributed by atoms with Crippen LogP contribution in [0.3, 0.4) is 0 Å². The van der Waals surface area contributed by atoms with Crippen molar-refractivity contribution in [2.75, 3.05) is 38.7 Å². The average molecular weight is 403 g/mol. The molecule has 0 radical (unpaired) electrons. The molecule has 0 bridgehead atoms. The second kappa shape index (κ2) is 11.0. The van der Waals surface area contributed by atoms with Crippen LogP contribution in [0, 0.1) is 5.92 Å². The van der Waals surface area contributed by atoms with Gasteiger partial charge >= 0.3 is 0 Å². The van der Waals surface area contributed by atoms with Crippen molar-refractivity contribution in [1.29, 1.82) is 0 Å². The molecule has 0 unspecified atom stereocenters. The molecule has 2 fully saturated rings. The van der Waals surface area contributed by atoms with Gasteiger partial charge in [-0.3, -0.25) is 4.79 Å². The van der Waals surface area contributed by atoms with Crippen LogP contribution in [-0.2, 0) is 9.53 Å². The molecule has 1 aromatic carbocycles. The Bertz CT molecular complexity index is 616. The second-order valence-corrected chi connectivity index (χ2v) is 8.82. The number of anilines is 1. The third kappa shape index (κ3) is 6.45. The Labute approximate surface area is 176 Å². The Hall–Kier alpha value is -1.59. The number of amides is 1. The van der Waals surface area contributed by atoms with E-state index in [1.54, 1.807) is 7.11 Å². The van der Waals surface area contributed by atoms with Crippen LogP contribution in [-0.4, -0.2) is 49.8 Å². The fraction of sp³-hybridized carbons (Fsp3) is 0.708. The predicted molar refractivity (Wildman–Crippen MR) is 117 cm³/mol. The number of nitrogens with one attached hydrogen (secondary N) is 1. The number of ether oxygens (including phenoxy) is 2. The third-order valence-corrected chi connectivity index (χ3v) is 6.58. The van der Waals surface area contributed by atoms with E-state index in [0.29, 0.717) is 5.92 Å². The Morgan fingerprint density at radius 3 is 2.38 bits per heavy atom. The number of nitrogens with zero attached hydrogens (tertiary/aromatic N) is 1. The fourth-order valence-corrected chi connectivity index (χ4v) is 4.47. The van der Waals surface area contributed by atoms with E-state index < -0.39 is 5.60 Å². The highest BCUT2D eigenvalue weighted by atomic mass is 16.5. The number of carbonyl (C=O) groups is 1. The molecule has 1 aromatic rings. The monoisotopic (exact) mass is 402 g/mol. The number of hydrogen-bond acceptors (Lipinski definition) is 4. The van der Waals surface area contributed by atoms with E-state index in [4.69, 9.17) is 9.47 Å². The summed E-state index contributed by atoms with van der Waals surface area (Å²) < 4.78 is 11.6. The average Bonchev–Trinajstić information content (AvgIpc) is 3.02. The van der Waals surface area contributed by atoms with E-state index in [1.807, 2.05) is 24.3 Å². The van der Waals surface area contributed by atoms with Gasteiger partial charge in [-0.05, 0) is 88.2 Å². The molecule has 0 spiro atoms. The summed E-state index contributed by atoms with van der Waals surface area (Å²) in [5, 5.41) is 3.04. The zero-order valence-electron chi connectivity index (χ0n) is 18.3. The summed E-state index contributed by atoms with van der Waals surface area (Å²) in [7, 11) is 1.65. The van der Waals surface area contributed by atoms with Gasteiger partial charge in [0, 0.05) is 19.3 Å². The lowest BCUT2D eigenvalue weighted by Gasteiger charge is -2.36. The molecule has 0 atom stereocenters. The normalized spacial score (nSPS) is 25.9. The van der Waals surface area contributed by atoms with Crippen molar-refractivity contribution in [3.05, 3.63) is 24.3 Å². The minimum atomic E-state index is -0.686. The zero-order valence-corrected chi connectivity index (χ0v) is 18.3. The SMILES string of the molecule is COC1(C(=O)Nc2ccc(OCCCN3CCCCCC3)cc2)CCC(C)CC1. The Kier molecular flexibility index (Phi) is 8.37. The van der Waals surface area contributed by atoms with E-state index >= 15 is 0 Å². The minimum Gasteiger partial charge on any atom is -0.494 e. The molecule has 1 saturated carbocycles. The van der Waals surface area contributed by atoms with Gasteiger partial charge in [0.05, 0.1) is 6.61 Å². The van der Waals surface area contributed by atoms with Gasteiger partial charge in [-0.1, -0.05) is 19.8 Å². The first kappa shape index (κ1) is 22.1. The van der Waals surface area contributed by atoms with Crippen molar-refractivity contribution in [3.8, 4) is 5.75 Å². The van der Waals surface area contributed by atoms with Crippen molar-refractivity contribution in [3.63, 3.8) is 0 Å². The van der Waals surface area contributed by atoms with Gasteiger partial charge in [-0.2, -0.15) is 0 Å². The van der Waals surface area contributed by atoms with Crippen molar-refractivity contribution >= 4 is 11.6 Å². The third-order valence-electron chi connectivity index (χ3n) is 6.58. The molecule has 162 valence electrons. The van der Waals surface area contributed by atoms with Gasteiger partial charge in [0.1, 0.15) is 11.4 Å². The van der Waals surface area contributed by atoms with Gasteiger partial charge in [0.25, 0.3) is 5.91 Å². The highest BCUT2D eigenvalue weighted by Gasteiger charge is 2.41. The molecule has 1 N–H and O–H groups in total. The molecule has 29 heavy (non-hydrogen) atoms.